The number of nitrogens with one attached hydrogen (secondary N) is 1. The molecule has 29 heavy (non-hydrogen) atoms. The maximum Gasteiger partial charge on any atom is 0.416 e. The molecular formula is C20H19F3N4O2. The zero-order chi connectivity index (χ0) is 21.2. The van der Waals surface area contributed by atoms with E-state index in [1.165, 1.54) is 0 Å². The highest BCUT2D eigenvalue weighted by Crippen LogP contribution is 2.29. The topological polar surface area (TPSA) is 71.3 Å². The molecule has 2 aromatic carbocycles. The van der Waals surface area contributed by atoms with Gasteiger partial charge in [-0.3, -0.25) is 4.79 Å². The third-order valence-electron chi connectivity index (χ3n) is 4.28. The molecule has 1 heterocycles. The fourth-order valence-electron chi connectivity index (χ4n) is 2.59. The molecule has 0 saturated heterocycles. The van der Waals surface area contributed by atoms with E-state index < -0.39 is 23.7 Å². The van der Waals surface area contributed by atoms with Crippen LogP contribution in [0.2, 0.25) is 0 Å². The average Bonchev–Trinajstić information content (AvgIpc) is 3.18. The van der Waals surface area contributed by atoms with Gasteiger partial charge >= 0.3 is 6.18 Å². The summed E-state index contributed by atoms with van der Waals surface area (Å²) >= 11 is 0. The number of alkyl halides is 3. The lowest BCUT2D eigenvalue weighted by Crippen LogP contribution is -2.26. The molecule has 3 aromatic rings. The Hall–Kier alpha value is -3.36. The molecule has 1 N–H and O–H groups in total. The predicted octanol–water partition coefficient (Wildman–Crippen LogP) is 4.31. The highest BCUT2D eigenvalue weighted by molar-refractivity contribution is 5.94. The largest absolute Gasteiger partial charge is 0.416 e. The first kappa shape index (κ1) is 20.4. The van der Waals surface area contributed by atoms with Crippen molar-refractivity contribution in [3.63, 3.8) is 0 Å². The third kappa shape index (κ3) is 4.74. The summed E-state index contributed by atoms with van der Waals surface area (Å²) in [4.78, 5) is 18.5. The molecular weight excluding hydrogens is 385 g/mol. The number of rotatable bonds is 5. The van der Waals surface area contributed by atoms with E-state index in [0.29, 0.717) is 5.82 Å². The number of aromatic nitrogens is 2. The number of nitrogens with zero attached hydrogens (tertiary/aromatic N) is 3. The van der Waals surface area contributed by atoms with Gasteiger partial charge in [-0.15, -0.1) is 0 Å². The van der Waals surface area contributed by atoms with Gasteiger partial charge in [0.1, 0.15) is 6.04 Å². The van der Waals surface area contributed by atoms with Gasteiger partial charge in [-0.05, 0) is 55.5 Å². The Kier molecular flexibility index (Phi) is 5.58. The monoisotopic (exact) mass is 404 g/mol. The first-order valence-corrected chi connectivity index (χ1v) is 8.74. The quantitative estimate of drug-likeness (QED) is 0.686. The highest BCUT2D eigenvalue weighted by Gasteiger charge is 2.30. The molecule has 0 unspecified atom stereocenters. The van der Waals surface area contributed by atoms with E-state index in [2.05, 4.69) is 15.5 Å². The van der Waals surface area contributed by atoms with Crippen LogP contribution in [0.25, 0.3) is 11.4 Å². The van der Waals surface area contributed by atoms with Crippen LogP contribution in [-0.2, 0) is 6.18 Å². The summed E-state index contributed by atoms with van der Waals surface area (Å²) in [6.07, 6.45) is -4.45. The number of hydrogen-bond acceptors (Lipinski definition) is 5. The minimum atomic E-state index is -4.45. The van der Waals surface area contributed by atoms with Crippen LogP contribution in [0.15, 0.2) is 53.1 Å². The average molecular weight is 404 g/mol. The minimum Gasteiger partial charge on any atom is -0.378 e. The van der Waals surface area contributed by atoms with Crippen LogP contribution < -0.4 is 10.2 Å². The molecule has 1 amide bonds. The number of halogens is 3. The highest BCUT2D eigenvalue weighted by atomic mass is 19.4. The van der Waals surface area contributed by atoms with E-state index in [1.807, 2.05) is 43.3 Å². The first-order valence-electron chi connectivity index (χ1n) is 8.74. The van der Waals surface area contributed by atoms with Crippen LogP contribution >= 0.6 is 0 Å². The molecule has 9 heteroatoms. The molecule has 0 aliphatic carbocycles. The summed E-state index contributed by atoms with van der Waals surface area (Å²) in [7, 11) is 3.87. The molecule has 0 saturated carbocycles. The number of benzene rings is 2. The van der Waals surface area contributed by atoms with Crippen LogP contribution in [0.4, 0.5) is 18.9 Å². The predicted molar refractivity (Wildman–Crippen MR) is 101 cm³/mol. The maximum absolute atomic E-state index is 12.6. The molecule has 0 radical (unpaired) electrons. The van der Waals surface area contributed by atoms with Gasteiger partial charge in [0.25, 0.3) is 5.91 Å². The molecule has 0 spiro atoms. The number of anilines is 1. The van der Waals surface area contributed by atoms with Gasteiger partial charge in [-0.25, -0.2) is 0 Å². The molecule has 0 aliphatic rings. The molecule has 1 aromatic heterocycles. The Labute approximate surface area is 165 Å². The van der Waals surface area contributed by atoms with Crippen LogP contribution in [0.3, 0.4) is 0 Å². The second-order valence-electron chi connectivity index (χ2n) is 6.67. The van der Waals surface area contributed by atoms with Crippen molar-refractivity contribution in [1.29, 1.82) is 0 Å². The maximum atomic E-state index is 12.6. The summed E-state index contributed by atoms with van der Waals surface area (Å²) in [6, 6.07) is 10.9. The second kappa shape index (κ2) is 7.94. The standard InChI is InChI=1S/C20H19F3N4O2/c1-12(24-18(28)14-4-8-15(9-5-14)20(21,22)23)19-25-17(26-29-19)13-6-10-16(11-7-13)27(2)3/h4-12H,1-3H3,(H,24,28)/t12-/m0/s1. The Morgan fingerprint density at radius 1 is 1.07 bits per heavy atom. The van der Waals surface area contributed by atoms with Crippen LogP contribution in [-0.4, -0.2) is 30.1 Å². The van der Waals surface area contributed by atoms with Gasteiger partial charge in [0.2, 0.25) is 11.7 Å². The Balaban J connectivity index is 1.68. The lowest BCUT2D eigenvalue weighted by molar-refractivity contribution is -0.137. The number of hydrogen-bond donors (Lipinski definition) is 1. The van der Waals surface area contributed by atoms with Gasteiger partial charge < -0.3 is 14.7 Å². The Morgan fingerprint density at radius 2 is 1.69 bits per heavy atom. The van der Waals surface area contributed by atoms with Gasteiger partial charge in [0.05, 0.1) is 5.56 Å². The Bertz CT molecular complexity index is 980. The summed E-state index contributed by atoms with van der Waals surface area (Å²) in [5.74, 6) is 0.0270. The van der Waals surface area contributed by atoms with Gasteiger partial charge in [0.15, 0.2) is 0 Å². The van der Waals surface area contributed by atoms with Gasteiger partial charge in [-0.1, -0.05) is 5.16 Å². The van der Waals surface area contributed by atoms with Gasteiger partial charge in [-0.2, -0.15) is 18.2 Å². The fourth-order valence-corrected chi connectivity index (χ4v) is 2.59. The number of amides is 1. The van der Waals surface area contributed by atoms with Crippen LogP contribution in [0, 0.1) is 0 Å². The van der Waals surface area contributed by atoms with Crippen molar-refractivity contribution in [1.82, 2.24) is 15.5 Å². The van der Waals surface area contributed by atoms with Crippen molar-refractivity contribution in [2.45, 2.75) is 19.1 Å². The SMILES string of the molecule is C[C@H](NC(=O)c1ccc(C(F)(F)F)cc1)c1nc(-c2ccc(N(C)C)cc2)no1. The first-order chi connectivity index (χ1) is 13.6. The van der Waals surface area contributed by atoms with Crippen molar-refractivity contribution in [3.05, 3.63) is 65.5 Å². The van der Waals surface area contributed by atoms with E-state index in [0.717, 1.165) is 35.5 Å². The van der Waals surface area contributed by atoms with E-state index in [-0.39, 0.29) is 11.5 Å². The molecule has 0 aliphatic heterocycles. The van der Waals surface area contributed by atoms with Gasteiger partial charge in [0, 0.05) is 30.9 Å². The zero-order valence-corrected chi connectivity index (χ0v) is 16.0. The smallest absolute Gasteiger partial charge is 0.378 e. The lowest BCUT2D eigenvalue weighted by Gasteiger charge is -2.11. The minimum absolute atomic E-state index is 0.101. The molecule has 0 bridgehead atoms. The Morgan fingerprint density at radius 3 is 2.24 bits per heavy atom. The molecule has 1 atom stereocenters. The molecule has 0 fully saturated rings. The summed E-state index contributed by atoms with van der Waals surface area (Å²) in [6.45, 7) is 1.65. The van der Waals surface area contributed by atoms with E-state index in [4.69, 9.17) is 4.52 Å². The molecule has 3 rings (SSSR count). The lowest BCUT2D eigenvalue weighted by atomic mass is 10.1. The molecule has 6 nitrogen and oxygen atoms in total. The summed E-state index contributed by atoms with van der Waals surface area (Å²) in [5, 5.41) is 6.56. The van der Waals surface area contributed by atoms with E-state index in [9.17, 15) is 18.0 Å². The number of carbonyl (C=O) groups is 1. The van der Waals surface area contributed by atoms with Crippen LogP contribution in [0.5, 0.6) is 0 Å². The van der Waals surface area contributed by atoms with E-state index >= 15 is 0 Å². The molecule has 152 valence electrons. The van der Waals surface area contributed by atoms with Crippen LogP contribution in [0.1, 0.15) is 34.8 Å². The normalized spacial score (nSPS) is 12.5. The van der Waals surface area contributed by atoms with Crippen molar-refractivity contribution in [2.75, 3.05) is 19.0 Å². The summed E-state index contributed by atoms with van der Waals surface area (Å²) in [5.41, 5.74) is 1.06. The van der Waals surface area contributed by atoms with Crippen molar-refractivity contribution in [3.8, 4) is 11.4 Å². The van der Waals surface area contributed by atoms with E-state index in [1.54, 1.807) is 6.92 Å². The van der Waals surface area contributed by atoms with Crippen molar-refractivity contribution in [2.24, 2.45) is 0 Å². The summed E-state index contributed by atoms with van der Waals surface area (Å²) < 4.78 is 43.1. The van der Waals surface area contributed by atoms with Crippen molar-refractivity contribution < 1.29 is 22.5 Å². The zero-order valence-electron chi connectivity index (χ0n) is 16.0. The fraction of sp³-hybridized carbons (Fsp3) is 0.250. The van der Waals surface area contributed by atoms with Crippen molar-refractivity contribution >= 4 is 11.6 Å². The number of carbonyl (C=O) groups excluding carboxylic acids is 1. The second-order valence-corrected chi connectivity index (χ2v) is 6.67. The third-order valence-corrected chi connectivity index (χ3v) is 4.28.